The van der Waals surface area contributed by atoms with E-state index in [0.29, 0.717) is 28.8 Å². The highest BCUT2D eigenvalue weighted by atomic mass is 35.5. The predicted octanol–water partition coefficient (Wildman–Crippen LogP) is 4.62. The van der Waals surface area contributed by atoms with Crippen molar-refractivity contribution < 1.29 is 14.7 Å². The number of nitrogens with zero attached hydrogens (tertiary/aromatic N) is 2. The van der Waals surface area contributed by atoms with Crippen LogP contribution >= 0.6 is 23.2 Å². The van der Waals surface area contributed by atoms with Crippen molar-refractivity contribution in [2.75, 3.05) is 5.01 Å². The van der Waals surface area contributed by atoms with E-state index in [-0.39, 0.29) is 23.8 Å². The highest BCUT2D eigenvalue weighted by molar-refractivity contribution is 6.43. The number of hydrogen-bond donors (Lipinski definition) is 1. The number of aliphatic carboxylic acids is 1. The molecule has 5 nitrogen and oxygen atoms in total. The first-order valence-corrected chi connectivity index (χ1v) is 10.7. The van der Waals surface area contributed by atoms with Gasteiger partial charge in [-0.05, 0) is 75.8 Å². The monoisotopic (exact) mass is 422 g/mol. The van der Waals surface area contributed by atoms with E-state index in [4.69, 9.17) is 23.2 Å². The summed E-state index contributed by atoms with van der Waals surface area (Å²) in [5.41, 5.74) is -0.553. The van der Waals surface area contributed by atoms with E-state index >= 15 is 0 Å². The van der Waals surface area contributed by atoms with Gasteiger partial charge in [-0.25, -0.2) is 5.01 Å². The Morgan fingerprint density at radius 1 is 1.14 bits per heavy atom. The van der Waals surface area contributed by atoms with Crippen molar-refractivity contribution in [2.45, 2.75) is 57.5 Å². The van der Waals surface area contributed by atoms with Gasteiger partial charge < -0.3 is 5.11 Å². The summed E-state index contributed by atoms with van der Waals surface area (Å²) >= 11 is 12.8. The summed E-state index contributed by atoms with van der Waals surface area (Å²) in [6, 6.07) is 5.52. The summed E-state index contributed by atoms with van der Waals surface area (Å²) in [7, 11) is 0. The van der Waals surface area contributed by atoms with E-state index in [1.54, 1.807) is 6.07 Å². The molecule has 1 heterocycles. The second-order valence-electron chi connectivity index (χ2n) is 9.64. The summed E-state index contributed by atoms with van der Waals surface area (Å²) in [6.45, 7) is 3.80. The third kappa shape index (κ3) is 2.26. The van der Waals surface area contributed by atoms with E-state index in [1.165, 1.54) is 0 Å². The Morgan fingerprint density at radius 2 is 1.79 bits per heavy atom. The minimum absolute atomic E-state index is 0.0413. The van der Waals surface area contributed by atoms with Gasteiger partial charge >= 0.3 is 5.97 Å². The molecular formula is C21H24Cl2N2O3. The molecule has 6 rings (SSSR count). The number of carbonyl (C=O) groups is 2. The lowest BCUT2D eigenvalue weighted by molar-refractivity contribution is -0.187. The minimum atomic E-state index is -0.701. The van der Waals surface area contributed by atoms with Crippen LogP contribution in [0, 0.1) is 23.2 Å². The maximum atomic E-state index is 13.2. The third-order valence-electron chi connectivity index (χ3n) is 7.60. The fourth-order valence-corrected chi connectivity index (χ4v) is 7.06. The average Bonchev–Trinajstić information content (AvgIpc) is 2.62. The van der Waals surface area contributed by atoms with Crippen LogP contribution in [-0.4, -0.2) is 33.6 Å². The van der Waals surface area contributed by atoms with E-state index in [1.807, 2.05) is 36.0 Å². The zero-order chi connectivity index (χ0) is 20.0. The average molecular weight is 423 g/mol. The van der Waals surface area contributed by atoms with Gasteiger partial charge in [0, 0.05) is 0 Å². The van der Waals surface area contributed by atoms with Crippen LogP contribution in [0.3, 0.4) is 0 Å². The molecule has 4 saturated carbocycles. The number of carboxylic acid groups (broad SMARTS) is 1. The number of benzene rings is 1. The van der Waals surface area contributed by atoms with E-state index in [2.05, 4.69) is 0 Å². The fraction of sp³-hybridized carbons (Fsp3) is 0.619. The van der Waals surface area contributed by atoms with Gasteiger partial charge in [-0.2, -0.15) is 0 Å². The van der Waals surface area contributed by atoms with E-state index < -0.39 is 16.9 Å². The summed E-state index contributed by atoms with van der Waals surface area (Å²) in [5.74, 6) is 0.337. The predicted molar refractivity (Wildman–Crippen MR) is 107 cm³/mol. The maximum absolute atomic E-state index is 13.2. The first-order valence-electron chi connectivity index (χ1n) is 9.97. The van der Waals surface area contributed by atoms with Crippen LogP contribution in [0.5, 0.6) is 0 Å². The van der Waals surface area contributed by atoms with E-state index in [0.717, 1.165) is 24.9 Å². The number of amides is 1. The second kappa shape index (κ2) is 5.79. The van der Waals surface area contributed by atoms with Gasteiger partial charge in [0.25, 0.3) is 5.91 Å². The third-order valence-corrected chi connectivity index (χ3v) is 8.40. The van der Waals surface area contributed by atoms with Crippen LogP contribution in [0.1, 0.15) is 46.0 Å². The molecule has 0 aromatic heterocycles. The van der Waals surface area contributed by atoms with Crippen LogP contribution in [0.4, 0.5) is 5.69 Å². The van der Waals surface area contributed by atoms with Crippen molar-refractivity contribution in [3.8, 4) is 0 Å². The molecular weight excluding hydrogens is 399 g/mol. The van der Waals surface area contributed by atoms with Crippen molar-refractivity contribution in [1.29, 1.82) is 0 Å². The lowest BCUT2D eigenvalue weighted by Crippen LogP contribution is -2.80. The highest BCUT2D eigenvalue weighted by Crippen LogP contribution is 2.62. The van der Waals surface area contributed by atoms with Gasteiger partial charge in [0.15, 0.2) is 0 Å². The highest BCUT2D eigenvalue weighted by Gasteiger charge is 2.65. The van der Waals surface area contributed by atoms with Crippen LogP contribution in [0.15, 0.2) is 18.2 Å². The number of anilines is 1. The second-order valence-corrected chi connectivity index (χ2v) is 10.4. The number of hydrogen-bond acceptors (Lipinski definition) is 3. The van der Waals surface area contributed by atoms with Gasteiger partial charge in [-0.3, -0.25) is 14.6 Å². The summed E-state index contributed by atoms with van der Waals surface area (Å²) in [6.07, 6.45) is 4.16. The first-order chi connectivity index (χ1) is 13.2. The molecule has 5 fully saturated rings. The molecule has 28 heavy (non-hydrogen) atoms. The number of rotatable bonds is 3. The molecule has 1 aromatic carbocycles. The van der Waals surface area contributed by atoms with Gasteiger partial charge in [0.1, 0.15) is 5.54 Å². The SMILES string of the molecule is CC1(C)C(=O)N(C2C3CC4C[C@H]2CC(C(=O)O)(C4)C3)N1c1cccc(Cl)c1Cl. The van der Waals surface area contributed by atoms with Crippen molar-refractivity contribution in [3.05, 3.63) is 28.2 Å². The minimum Gasteiger partial charge on any atom is -0.481 e. The molecule has 1 aliphatic heterocycles. The summed E-state index contributed by atoms with van der Waals surface area (Å²) in [4.78, 5) is 25.2. The summed E-state index contributed by atoms with van der Waals surface area (Å²) < 4.78 is 0. The molecule has 4 bridgehead atoms. The largest absolute Gasteiger partial charge is 0.481 e. The topological polar surface area (TPSA) is 60.9 Å². The Morgan fingerprint density at radius 3 is 2.39 bits per heavy atom. The van der Waals surface area contributed by atoms with Gasteiger partial charge in [-0.15, -0.1) is 0 Å². The number of carbonyl (C=O) groups excluding carboxylic acids is 1. The smallest absolute Gasteiger partial charge is 0.309 e. The Hall–Kier alpha value is -1.46. The molecule has 4 aliphatic carbocycles. The van der Waals surface area contributed by atoms with Crippen LogP contribution in [-0.2, 0) is 9.59 Å². The molecule has 0 radical (unpaired) electrons. The van der Waals surface area contributed by atoms with E-state index in [9.17, 15) is 14.7 Å². The maximum Gasteiger partial charge on any atom is 0.309 e. The molecule has 150 valence electrons. The molecule has 5 atom stereocenters. The van der Waals surface area contributed by atoms with Crippen molar-refractivity contribution in [1.82, 2.24) is 5.01 Å². The lowest BCUT2D eigenvalue weighted by Gasteiger charge is -2.67. The number of carboxylic acids is 1. The Labute approximate surface area is 174 Å². The quantitative estimate of drug-likeness (QED) is 0.771. The Balaban J connectivity index is 1.53. The zero-order valence-electron chi connectivity index (χ0n) is 16.0. The van der Waals surface area contributed by atoms with Crippen LogP contribution < -0.4 is 5.01 Å². The zero-order valence-corrected chi connectivity index (χ0v) is 17.5. The Kier molecular flexibility index (Phi) is 3.84. The standard InChI is InChI=1S/C21H24Cl2N2O3/c1-20(2)18(26)24(25(20)15-5-3-4-14(22)16(15)23)17-12-6-11-7-13(17)10-21(8-11,9-12)19(27)28/h3-5,11-13,17H,6-10H2,1-2H3,(H,27,28)/t11?,12-,13?,17?,21?/m0/s1. The molecule has 1 N–H and O–H groups in total. The first kappa shape index (κ1) is 18.6. The van der Waals surface area contributed by atoms with Gasteiger partial charge in [-0.1, -0.05) is 29.3 Å². The molecule has 0 spiro atoms. The molecule has 7 heteroatoms. The van der Waals surface area contributed by atoms with Crippen molar-refractivity contribution >= 4 is 40.8 Å². The van der Waals surface area contributed by atoms with Gasteiger partial charge in [0.05, 0.1) is 27.2 Å². The normalized spacial score (nSPS) is 37.9. The summed E-state index contributed by atoms with van der Waals surface area (Å²) in [5, 5.41) is 14.7. The Bertz CT molecular complexity index is 870. The molecule has 1 amide bonds. The molecule has 5 aliphatic rings. The molecule has 1 aromatic rings. The van der Waals surface area contributed by atoms with Crippen molar-refractivity contribution in [3.63, 3.8) is 0 Å². The number of halogens is 2. The van der Waals surface area contributed by atoms with Crippen LogP contribution in [0.2, 0.25) is 10.0 Å². The molecule has 1 saturated heterocycles. The van der Waals surface area contributed by atoms with Crippen molar-refractivity contribution in [2.24, 2.45) is 23.2 Å². The molecule has 4 unspecified atom stereocenters. The number of hydrazine groups is 1. The van der Waals surface area contributed by atoms with Gasteiger partial charge in [0.2, 0.25) is 0 Å². The lowest BCUT2D eigenvalue weighted by atomic mass is 9.47. The fourth-order valence-electron chi connectivity index (χ4n) is 6.69. The van der Waals surface area contributed by atoms with Crippen LogP contribution in [0.25, 0.3) is 0 Å².